The van der Waals surface area contributed by atoms with Crippen molar-refractivity contribution in [2.75, 3.05) is 7.11 Å². The van der Waals surface area contributed by atoms with Crippen molar-refractivity contribution in [2.24, 2.45) is 5.92 Å². The minimum absolute atomic E-state index is 0.366. The second kappa shape index (κ2) is 6.60. The van der Waals surface area contributed by atoms with Gasteiger partial charge in [0, 0.05) is 30.1 Å². The topological polar surface area (TPSA) is 52.8 Å². The standard InChI is InChI=1S/C18H20N4O/c1-13(2)11-22-12-21-16(14-7-5-4-6-8-14)17(22)15-9-19-18(23-3)20-10-15/h4-10,12-13H,11H2,1-3H3. The maximum Gasteiger partial charge on any atom is 0.316 e. The zero-order valence-electron chi connectivity index (χ0n) is 13.6. The highest BCUT2D eigenvalue weighted by molar-refractivity contribution is 5.77. The summed E-state index contributed by atoms with van der Waals surface area (Å²) in [4.78, 5) is 13.1. The minimum Gasteiger partial charge on any atom is -0.467 e. The quantitative estimate of drug-likeness (QED) is 0.721. The lowest BCUT2D eigenvalue weighted by Gasteiger charge is -2.12. The largest absolute Gasteiger partial charge is 0.467 e. The fraction of sp³-hybridized carbons (Fsp3) is 0.278. The number of nitrogens with zero attached hydrogens (tertiary/aromatic N) is 4. The van der Waals surface area contributed by atoms with Crippen molar-refractivity contribution in [1.29, 1.82) is 0 Å². The number of methoxy groups -OCH3 is 1. The zero-order valence-corrected chi connectivity index (χ0v) is 13.6. The first kappa shape index (κ1) is 15.2. The Morgan fingerprint density at radius 1 is 1.00 bits per heavy atom. The summed E-state index contributed by atoms with van der Waals surface area (Å²) in [6, 6.07) is 10.5. The van der Waals surface area contributed by atoms with Gasteiger partial charge in [0.05, 0.1) is 24.8 Å². The molecule has 0 aliphatic carbocycles. The van der Waals surface area contributed by atoms with E-state index in [0.29, 0.717) is 11.9 Å². The van der Waals surface area contributed by atoms with Gasteiger partial charge in [0.1, 0.15) is 0 Å². The number of aromatic nitrogens is 4. The molecule has 1 aromatic carbocycles. The first-order chi connectivity index (χ1) is 11.2. The van der Waals surface area contributed by atoms with Crippen LogP contribution in [0.25, 0.3) is 22.5 Å². The molecule has 0 unspecified atom stereocenters. The SMILES string of the molecule is COc1ncc(-c2c(-c3ccccc3)ncn2CC(C)C)cn1. The van der Waals surface area contributed by atoms with E-state index in [-0.39, 0.29) is 0 Å². The van der Waals surface area contributed by atoms with Crippen LogP contribution >= 0.6 is 0 Å². The zero-order chi connectivity index (χ0) is 16.2. The predicted octanol–water partition coefficient (Wildman–Crippen LogP) is 3.67. The molecule has 0 aliphatic rings. The molecule has 0 N–H and O–H groups in total. The van der Waals surface area contributed by atoms with Crippen molar-refractivity contribution in [3.8, 4) is 28.5 Å². The Hall–Kier alpha value is -2.69. The average molecular weight is 308 g/mol. The Bertz CT molecular complexity index is 763. The molecule has 0 radical (unpaired) electrons. The maximum atomic E-state index is 5.05. The van der Waals surface area contributed by atoms with Gasteiger partial charge in [-0.3, -0.25) is 0 Å². The van der Waals surface area contributed by atoms with E-state index in [1.807, 2.05) is 24.5 Å². The van der Waals surface area contributed by atoms with Crippen LogP contribution in [0, 0.1) is 5.92 Å². The number of ether oxygens (including phenoxy) is 1. The van der Waals surface area contributed by atoms with Gasteiger partial charge in [-0.25, -0.2) is 15.0 Å². The van der Waals surface area contributed by atoms with E-state index in [4.69, 9.17) is 4.74 Å². The summed E-state index contributed by atoms with van der Waals surface area (Å²) in [5, 5.41) is 0. The summed E-state index contributed by atoms with van der Waals surface area (Å²) in [6.07, 6.45) is 5.46. The van der Waals surface area contributed by atoms with E-state index in [1.54, 1.807) is 19.5 Å². The van der Waals surface area contributed by atoms with Gasteiger partial charge in [-0.05, 0) is 5.92 Å². The van der Waals surface area contributed by atoms with Crippen molar-refractivity contribution in [1.82, 2.24) is 19.5 Å². The highest BCUT2D eigenvalue weighted by Gasteiger charge is 2.16. The molecule has 0 saturated heterocycles. The molecular weight excluding hydrogens is 288 g/mol. The van der Waals surface area contributed by atoms with Crippen LogP contribution in [-0.2, 0) is 6.54 Å². The molecule has 23 heavy (non-hydrogen) atoms. The third-order valence-corrected chi connectivity index (χ3v) is 3.53. The first-order valence-electron chi connectivity index (χ1n) is 7.66. The summed E-state index contributed by atoms with van der Waals surface area (Å²) in [7, 11) is 1.56. The molecule has 0 spiro atoms. The van der Waals surface area contributed by atoms with Crippen LogP contribution in [0.5, 0.6) is 6.01 Å². The fourth-order valence-corrected chi connectivity index (χ4v) is 2.57. The lowest BCUT2D eigenvalue weighted by Crippen LogP contribution is -2.05. The van der Waals surface area contributed by atoms with Crippen LogP contribution < -0.4 is 4.74 Å². The van der Waals surface area contributed by atoms with Crippen LogP contribution in [0.4, 0.5) is 0 Å². The normalized spacial score (nSPS) is 11.0. The molecule has 118 valence electrons. The highest BCUT2D eigenvalue weighted by atomic mass is 16.5. The monoisotopic (exact) mass is 308 g/mol. The second-order valence-corrected chi connectivity index (χ2v) is 5.81. The summed E-state index contributed by atoms with van der Waals surface area (Å²) in [5.74, 6) is 0.519. The predicted molar refractivity (Wildman–Crippen MR) is 90.1 cm³/mol. The number of hydrogen-bond donors (Lipinski definition) is 0. The molecule has 0 amide bonds. The Balaban J connectivity index is 2.12. The second-order valence-electron chi connectivity index (χ2n) is 5.81. The molecular formula is C18H20N4O. The number of imidazole rings is 1. The van der Waals surface area contributed by atoms with Gasteiger partial charge in [0.2, 0.25) is 0 Å². The molecule has 2 heterocycles. The number of benzene rings is 1. The van der Waals surface area contributed by atoms with E-state index in [9.17, 15) is 0 Å². The van der Waals surface area contributed by atoms with Crippen LogP contribution in [-0.4, -0.2) is 26.6 Å². The van der Waals surface area contributed by atoms with Crippen LogP contribution in [0.3, 0.4) is 0 Å². The molecule has 0 atom stereocenters. The van der Waals surface area contributed by atoms with Crippen LogP contribution in [0.15, 0.2) is 49.1 Å². The number of rotatable bonds is 5. The van der Waals surface area contributed by atoms with Gasteiger partial charge in [-0.2, -0.15) is 0 Å². The lowest BCUT2D eigenvalue weighted by molar-refractivity contribution is 0.380. The smallest absolute Gasteiger partial charge is 0.316 e. The summed E-state index contributed by atoms with van der Waals surface area (Å²) in [5.41, 5.74) is 4.00. The summed E-state index contributed by atoms with van der Waals surface area (Å²) >= 11 is 0. The molecule has 0 aliphatic heterocycles. The van der Waals surface area contributed by atoms with E-state index in [1.165, 1.54) is 0 Å². The van der Waals surface area contributed by atoms with Gasteiger partial charge in [-0.1, -0.05) is 44.2 Å². The van der Waals surface area contributed by atoms with Crippen molar-refractivity contribution in [3.63, 3.8) is 0 Å². The molecule has 0 saturated carbocycles. The molecule has 3 aromatic rings. The third kappa shape index (κ3) is 3.23. The van der Waals surface area contributed by atoms with E-state index in [0.717, 1.165) is 29.1 Å². The summed E-state index contributed by atoms with van der Waals surface area (Å²) < 4.78 is 7.22. The van der Waals surface area contributed by atoms with Crippen molar-refractivity contribution >= 4 is 0 Å². The molecule has 0 bridgehead atoms. The van der Waals surface area contributed by atoms with Crippen molar-refractivity contribution < 1.29 is 4.74 Å². The average Bonchev–Trinajstić information content (AvgIpc) is 2.98. The molecule has 5 nitrogen and oxygen atoms in total. The van der Waals surface area contributed by atoms with Crippen molar-refractivity contribution in [2.45, 2.75) is 20.4 Å². The van der Waals surface area contributed by atoms with Crippen LogP contribution in [0.1, 0.15) is 13.8 Å². The van der Waals surface area contributed by atoms with E-state index in [2.05, 4.69) is 45.5 Å². The summed E-state index contributed by atoms with van der Waals surface area (Å²) in [6.45, 7) is 5.27. The molecule has 5 heteroatoms. The van der Waals surface area contributed by atoms with Gasteiger partial charge in [-0.15, -0.1) is 0 Å². The Morgan fingerprint density at radius 3 is 2.30 bits per heavy atom. The van der Waals surface area contributed by atoms with Gasteiger partial charge in [0.15, 0.2) is 0 Å². The van der Waals surface area contributed by atoms with Gasteiger partial charge >= 0.3 is 6.01 Å². The molecule has 2 aromatic heterocycles. The first-order valence-corrected chi connectivity index (χ1v) is 7.66. The lowest BCUT2D eigenvalue weighted by atomic mass is 10.1. The Morgan fingerprint density at radius 2 is 1.70 bits per heavy atom. The minimum atomic E-state index is 0.366. The maximum absolute atomic E-state index is 5.05. The molecule has 3 rings (SSSR count). The van der Waals surface area contributed by atoms with Crippen molar-refractivity contribution in [3.05, 3.63) is 49.1 Å². The van der Waals surface area contributed by atoms with Crippen LogP contribution in [0.2, 0.25) is 0 Å². The highest BCUT2D eigenvalue weighted by Crippen LogP contribution is 2.31. The Kier molecular flexibility index (Phi) is 4.37. The fourth-order valence-electron chi connectivity index (χ4n) is 2.57. The van der Waals surface area contributed by atoms with Gasteiger partial charge in [0.25, 0.3) is 0 Å². The van der Waals surface area contributed by atoms with E-state index >= 15 is 0 Å². The third-order valence-electron chi connectivity index (χ3n) is 3.53. The Labute approximate surface area is 136 Å². The number of hydrogen-bond acceptors (Lipinski definition) is 4. The van der Waals surface area contributed by atoms with Gasteiger partial charge < -0.3 is 9.30 Å². The molecule has 0 fully saturated rings. The van der Waals surface area contributed by atoms with E-state index < -0.39 is 0 Å².